The molecule has 0 aromatic carbocycles. The molecule has 2 unspecified atom stereocenters. The molecule has 0 amide bonds. The minimum atomic E-state index is 0. The van der Waals surface area contributed by atoms with Crippen molar-refractivity contribution in [3.05, 3.63) is 0 Å². The average molecular weight is 508 g/mol. The van der Waals surface area contributed by atoms with Gasteiger partial charge in [0.25, 0.3) is 0 Å². The summed E-state index contributed by atoms with van der Waals surface area (Å²) < 4.78 is 11.8. The third-order valence-electron chi connectivity index (χ3n) is 5.95. The molecular formula is C21H41IN4O2. The number of likely N-dealkylation sites (tertiary alicyclic amines) is 1. The minimum absolute atomic E-state index is 0. The van der Waals surface area contributed by atoms with Gasteiger partial charge >= 0.3 is 0 Å². The average Bonchev–Trinajstić information content (AvgIpc) is 3.25. The summed E-state index contributed by atoms with van der Waals surface area (Å²) in [6.45, 7) is 11.3. The van der Waals surface area contributed by atoms with Crippen LogP contribution < -0.4 is 5.32 Å². The van der Waals surface area contributed by atoms with Gasteiger partial charge in [-0.05, 0) is 65.1 Å². The van der Waals surface area contributed by atoms with Crippen LogP contribution >= 0.6 is 24.0 Å². The molecule has 1 N–H and O–H groups in total. The van der Waals surface area contributed by atoms with Crippen LogP contribution in [0.4, 0.5) is 0 Å². The highest BCUT2D eigenvalue weighted by Crippen LogP contribution is 2.21. The Morgan fingerprint density at radius 2 is 1.79 bits per heavy atom. The van der Waals surface area contributed by atoms with E-state index in [9.17, 15) is 0 Å². The number of nitrogens with one attached hydrogen (secondary N) is 1. The number of nitrogens with zero attached hydrogens (tertiary/aromatic N) is 3. The van der Waals surface area contributed by atoms with E-state index in [4.69, 9.17) is 14.5 Å². The maximum absolute atomic E-state index is 5.98. The molecule has 0 saturated carbocycles. The number of morpholine rings is 1. The van der Waals surface area contributed by atoms with E-state index in [2.05, 4.69) is 22.0 Å². The van der Waals surface area contributed by atoms with Crippen molar-refractivity contribution in [2.45, 2.75) is 70.5 Å². The molecule has 0 spiro atoms. The molecule has 3 fully saturated rings. The third kappa shape index (κ3) is 7.95. The highest BCUT2D eigenvalue weighted by molar-refractivity contribution is 14.0. The number of rotatable bonds is 8. The molecule has 0 aromatic rings. The first-order valence-electron chi connectivity index (χ1n) is 11.4. The van der Waals surface area contributed by atoms with Gasteiger partial charge in [0.2, 0.25) is 0 Å². The Bertz CT molecular complexity index is 440. The summed E-state index contributed by atoms with van der Waals surface area (Å²) in [7, 11) is 0. The summed E-state index contributed by atoms with van der Waals surface area (Å²) in [5.74, 6) is 1.06. The van der Waals surface area contributed by atoms with E-state index in [0.29, 0.717) is 0 Å². The second-order valence-corrected chi connectivity index (χ2v) is 8.11. The van der Waals surface area contributed by atoms with Crippen LogP contribution in [0.3, 0.4) is 0 Å². The number of hydrogen-bond donors (Lipinski definition) is 1. The Balaban J connectivity index is 0.00000280. The number of ether oxygens (including phenoxy) is 2. The lowest BCUT2D eigenvalue weighted by molar-refractivity contribution is -0.0817. The van der Waals surface area contributed by atoms with Crippen molar-refractivity contribution in [2.75, 3.05) is 59.0 Å². The first kappa shape index (κ1) is 24.2. The Kier molecular flexibility index (Phi) is 12.1. The summed E-state index contributed by atoms with van der Waals surface area (Å²) in [6, 6.07) is 0. The maximum Gasteiger partial charge on any atom is 0.194 e. The predicted molar refractivity (Wildman–Crippen MR) is 126 cm³/mol. The molecule has 7 heteroatoms. The monoisotopic (exact) mass is 508 g/mol. The van der Waals surface area contributed by atoms with E-state index in [-0.39, 0.29) is 36.2 Å². The van der Waals surface area contributed by atoms with Crippen molar-refractivity contribution >= 4 is 29.9 Å². The number of piperidine rings is 1. The summed E-state index contributed by atoms with van der Waals surface area (Å²) in [5, 5.41) is 3.48. The number of aliphatic imine (C=N–C) groups is 1. The van der Waals surface area contributed by atoms with Gasteiger partial charge in [0.1, 0.15) is 6.10 Å². The molecule has 28 heavy (non-hydrogen) atoms. The molecule has 3 saturated heterocycles. The number of hydrogen-bond acceptors (Lipinski definition) is 4. The predicted octanol–water partition coefficient (Wildman–Crippen LogP) is 3.11. The molecule has 0 aromatic heterocycles. The van der Waals surface area contributed by atoms with Gasteiger partial charge in [0.15, 0.2) is 5.96 Å². The van der Waals surface area contributed by atoms with Crippen molar-refractivity contribution in [2.24, 2.45) is 4.99 Å². The van der Waals surface area contributed by atoms with Gasteiger partial charge in [-0.3, -0.25) is 4.99 Å². The van der Waals surface area contributed by atoms with E-state index in [1.807, 2.05) is 0 Å². The largest absolute Gasteiger partial charge is 0.375 e. The molecule has 0 radical (unpaired) electrons. The van der Waals surface area contributed by atoms with Crippen LogP contribution in [-0.2, 0) is 9.47 Å². The summed E-state index contributed by atoms with van der Waals surface area (Å²) in [6.07, 6.45) is 10.7. The SMILES string of the molecule is CCNC(=NCCCCCN1CCCCC1)N1CCOC(C2CCCO2)C1.I. The van der Waals surface area contributed by atoms with Crippen molar-refractivity contribution in [1.29, 1.82) is 0 Å². The van der Waals surface area contributed by atoms with E-state index in [1.165, 1.54) is 58.2 Å². The van der Waals surface area contributed by atoms with Gasteiger partial charge < -0.3 is 24.6 Å². The first-order chi connectivity index (χ1) is 13.4. The van der Waals surface area contributed by atoms with Crippen LogP contribution in [0.15, 0.2) is 4.99 Å². The third-order valence-corrected chi connectivity index (χ3v) is 5.95. The summed E-state index contributed by atoms with van der Waals surface area (Å²) in [5.41, 5.74) is 0. The van der Waals surface area contributed by atoms with Gasteiger partial charge in [0.05, 0.1) is 12.7 Å². The second-order valence-electron chi connectivity index (χ2n) is 8.11. The maximum atomic E-state index is 5.98. The summed E-state index contributed by atoms with van der Waals surface area (Å²) >= 11 is 0. The number of unbranched alkanes of at least 4 members (excludes halogenated alkanes) is 2. The molecular weight excluding hydrogens is 467 g/mol. The lowest BCUT2D eigenvalue weighted by Crippen LogP contribution is -2.53. The van der Waals surface area contributed by atoms with E-state index >= 15 is 0 Å². The van der Waals surface area contributed by atoms with Crippen molar-refractivity contribution in [1.82, 2.24) is 15.1 Å². The van der Waals surface area contributed by atoms with E-state index in [1.54, 1.807) is 0 Å². The zero-order valence-electron chi connectivity index (χ0n) is 17.7. The molecule has 3 rings (SSSR count). The molecule has 6 nitrogen and oxygen atoms in total. The van der Waals surface area contributed by atoms with Gasteiger partial charge in [-0.15, -0.1) is 24.0 Å². The standard InChI is InChI=1S/C21H40N4O2.HI/c1-2-22-21(23-11-5-3-6-12-24-13-7-4-8-14-24)25-15-17-27-20(18-25)19-10-9-16-26-19;/h19-20H,2-18H2,1H3,(H,22,23);1H. The van der Waals surface area contributed by atoms with E-state index < -0.39 is 0 Å². The van der Waals surface area contributed by atoms with Crippen LogP contribution in [0.25, 0.3) is 0 Å². The lowest BCUT2D eigenvalue weighted by Gasteiger charge is -2.37. The molecule has 3 aliphatic heterocycles. The molecule has 0 aliphatic carbocycles. The number of halogens is 1. The Labute approximate surface area is 188 Å². The van der Waals surface area contributed by atoms with Gasteiger partial charge in [-0.2, -0.15) is 0 Å². The topological polar surface area (TPSA) is 49.3 Å². The Hall–Kier alpha value is -0.120. The normalized spacial score (nSPS) is 26.9. The van der Waals surface area contributed by atoms with Crippen LogP contribution in [0.2, 0.25) is 0 Å². The smallest absolute Gasteiger partial charge is 0.194 e. The molecule has 2 atom stereocenters. The Morgan fingerprint density at radius 3 is 2.54 bits per heavy atom. The first-order valence-corrected chi connectivity index (χ1v) is 11.4. The lowest BCUT2D eigenvalue weighted by atomic mass is 10.1. The van der Waals surface area contributed by atoms with Crippen LogP contribution in [-0.4, -0.2) is 87.0 Å². The quantitative estimate of drug-likeness (QED) is 0.236. The molecule has 164 valence electrons. The van der Waals surface area contributed by atoms with Gasteiger partial charge in [-0.1, -0.05) is 12.8 Å². The Morgan fingerprint density at radius 1 is 0.964 bits per heavy atom. The minimum Gasteiger partial charge on any atom is -0.375 e. The fourth-order valence-corrected chi connectivity index (χ4v) is 4.41. The molecule has 3 heterocycles. The van der Waals surface area contributed by atoms with Crippen molar-refractivity contribution in [3.8, 4) is 0 Å². The van der Waals surface area contributed by atoms with Crippen LogP contribution in [0.1, 0.15) is 58.3 Å². The highest BCUT2D eigenvalue weighted by atomic mass is 127. The molecule has 0 bridgehead atoms. The fraction of sp³-hybridized carbons (Fsp3) is 0.952. The highest BCUT2D eigenvalue weighted by Gasteiger charge is 2.32. The zero-order chi connectivity index (χ0) is 18.7. The van der Waals surface area contributed by atoms with Gasteiger partial charge in [-0.25, -0.2) is 0 Å². The fourth-order valence-electron chi connectivity index (χ4n) is 4.41. The van der Waals surface area contributed by atoms with Crippen molar-refractivity contribution < 1.29 is 9.47 Å². The number of guanidine groups is 1. The second kappa shape index (κ2) is 14.0. The van der Waals surface area contributed by atoms with Crippen LogP contribution in [0.5, 0.6) is 0 Å². The zero-order valence-corrected chi connectivity index (χ0v) is 20.1. The van der Waals surface area contributed by atoms with E-state index in [0.717, 1.165) is 58.2 Å². The van der Waals surface area contributed by atoms with Gasteiger partial charge in [0, 0.05) is 32.8 Å². The van der Waals surface area contributed by atoms with Crippen LogP contribution in [0, 0.1) is 0 Å². The molecule has 3 aliphatic rings. The summed E-state index contributed by atoms with van der Waals surface area (Å²) in [4.78, 5) is 9.91. The van der Waals surface area contributed by atoms with Crippen molar-refractivity contribution in [3.63, 3.8) is 0 Å².